The molecule has 0 unspecified atom stereocenters. The van der Waals surface area contributed by atoms with Crippen LogP contribution in [0.4, 0.5) is 25.0 Å². The molecule has 5 aliphatic heterocycles. The van der Waals surface area contributed by atoms with Gasteiger partial charge in [0.15, 0.2) is 0 Å². The number of nitrogens with zero attached hydrogens (tertiary/aromatic N) is 8. The molecular formula is C42H44F2N8O8S2. The molecule has 0 aliphatic carbocycles. The number of amides is 1. The van der Waals surface area contributed by atoms with E-state index in [1.165, 1.54) is 50.8 Å². The van der Waals surface area contributed by atoms with E-state index >= 15 is 0 Å². The second-order valence-corrected chi connectivity index (χ2v) is 18.6. The summed E-state index contributed by atoms with van der Waals surface area (Å²) in [5, 5.41) is 0. The number of sulfonamides is 2. The number of carbonyl (C=O) groups is 1. The minimum atomic E-state index is -4.07. The number of amidine groups is 2. The van der Waals surface area contributed by atoms with Gasteiger partial charge in [0.05, 0.1) is 55.2 Å². The Kier molecular flexibility index (Phi) is 13.0. The Hall–Kier alpha value is -6.25. The second-order valence-electron chi connectivity index (χ2n) is 14.5. The highest BCUT2D eigenvalue weighted by molar-refractivity contribution is 7.89. The minimum Gasteiger partial charge on any atom is -0.457 e. The van der Waals surface area contributed by atoms with Crippen LogP contribution in [0.15, 0.2) is 92.8 Å². The van der Waals surface area contributed by atoms with Crippen LogP contribution in [0.25, 0.3) is 0 Å². The molecule has 326 valence electrons. The molecule has 4 aromatic carbocycles. The summed E-state index contributed by atoms with van der Waals surface area (Å²) in [6.45, 7) is 7.11. The monoisotopic (exact) mass is 890 g/mol. The van der Waals surface area contributed by atoms with Crippen molar-refractivity contribution in [1.82, 2.24) is 18.4 Å². The van der Waals surface area contributed by atoms with Crippen molar-refractivity contribution in [2.24, 2.45) is 20.0 Å². The van der Waals surface area contributed by atoms with Crippen LogP contribution < -0.4 is 9.47 Å². The summed E-state index contributed by atoms with van der Waals surface area (Å²) < 4.78 is 95.6. The first-order chi connectivity index (χ1) is 29.6. The van der Waals surface area contributed by atoms with Gasteiger partial charge in [-0.15, -0.1) is 0 Å². The molecule has 1 saturated heterocycles. The van der Waals surface area contributed by atoms with E-state index in [9.17, 15) is 30.4 Å². The summed E-state index contributed by atoms with van der Waals surface area (Å²) in [5.41, 5.74) is 3.23. The molecular weight excluding hydrogens is 847 g/mol. The lowest BCUT2D eigenvalue weighted by Gasteiger charge is -2.21. The van der Waals surface area contributed by atoms with Crippen LogP contribution in [0.1, 0.15) is 42.5 Å². The first-order valence-corrected chi connectivity index (χ1v) is 22.9. The highest BCUT2D eigenvalue weighted by atomic mass is 32.2. The fraction of sp³-hybridized carbons (Fsp3) is 0.310. The van der Waals surface area contributed by atoms with Crippen LogP contribution in [0, 0.1) is 11.6 Å². The van der Waals surface area contributed by atoms with Gasteiger partial charge in [-0.25, -0.2) is 49.0 Å². The number of hydrogen-bond acceptors (Lipinski definition) is 14. The van der Waals surface area contributed by atoms with E-state index in [1.54, 1.807) is 36.9 Å². The van der Waals surface area contributed by atoms with Crippen LogP contribution >= 0.6 is 0 Å². The van der Waals surface area contributed by atoms with Crippen molar-refractivity contribution in [3.8, 4) is 23.0 Å². The van der Waals surface area contributed by atoms with Crippen molar-refractivity contribution >= 4 is 61.9 Å². The van der Waals surface area contributed by atoms with Gasteiger partial charge < -0.3 is 24.0 Å². The zero-order chi connectivity index (χ0) is 44.2. The van der Waals surface area contributed by atoms with E-state index in [4.69, 9.17) is 9.47 Å². The number of ether oxygens (including phenoxy) is 3. The van der Waals surface area contributed by atoms with Crippen LogP contribution in [-0.4, -0.2) is 119 Å². The molecule has 0 spiro atoms. The Balaban J connectivity index is 0.000000176. The topological polar surface area (TPSA) is 175 Å². The van der Waals surface area contributed by atoms with Gasteiger partial charge in [-0.2, -0.15) is 0 Å². The SMILES string of the molecule is CCC.CN(C)S(=O)(=O)Cc1cc(Oc2ccc3c(c2)C2=NCCN2C=N3)ccc1F.O=C1OCCN1S(=O)(=O)Cc1cc(Oc2ccc3c(c2)C2=NCCN2C=N3)ccc1F. The summed E-state index contributed by atoms with van der Waals surface area (Å²) in [7, 11) is -4.83. The molecule has 0 atom stereocenters. The third kappa shape index (κ3) is 9.77. The first-order valence-electron chi connectivity index (χ1n) is 19.6. The van der Waals surface area contributed by atoms with Gasteiger partial charge in [0.2, 0.25) is 20.0 Å². The third-order valence-electron chi connectivity index (χ3n) is 9.64. The Labute approximate surface area is 358 Å². The zero-order valence-electron chi connectivity index (χ0n) is 34.4. The number of aliphatic imine (C=N–C) groups is 4. The average molecular weight is 891 g/mol. The van der Waals surface area contributed by atoms with Gasteiger partial charge in [-0.3, -0.25) is 9.98 Å². The van der Waals surface area contributed by atoms with Crippen LogP contribution in [0.3, 0.4) is 0 Å². The molecule has 4 aromatic rings. The molecule has 1 fully saturated rings. The Morgan fingerprint density at radius 1 is 0.677 bits per heavy atom. The van der Waals surface area contributed by atoms with Crippen LogP contribution in [-0.2, 0) is 36.3 Å². The maximum atomic E-state index is 14.3. The molecule has 20 heteroatoms. The highest BCUT2D eigenvalue weighted by Crippen LogP contribution is 2.35. The summed E-state index contributed by atoms with van der Waals surface area (Å²) in [5.74, 6) is 0.893. The molecule has 0 radical (unpaired) electrons. The third-order valence-corrected chi connectivity index (χ3v) is 13.1. The van der Waals surface area contributed by atoms with E-state index < -0.39 is 49.3 Å². The Morgan fingerprint density at radius 2 is 1.13 bits per heavy atom. The largest absolute Gasteiger partial charge is 0.457 e. The molecule has 0 aromatic heterocycles. The van der Waals surface area contributed by atoms with E-state index in [2.05, 4.69) is 38.6 Å². The summed E-state index contributed by atoms with van der Waals surface area (Å²) in [6, 6.07) is 18.7. The summed E-state index contributed by atoms with van der Waals surface area (Å²) in [6.07, 6.45) is 3.82. The average Bonchev–Trinajstić information content (AvgIpc) is 4.03. The highest BCUT2D eigenvalue weighted by Gasteiger charge is 2.34. The van der Waals surface area contributed by atoms with Crippen molar-refractivity contribution in [3.63, 3.8) is 0 Å². The van der Waals surface area contributed by atoms with E-state index in [0.29, 0.717) is 34.6 Å². The molecule has 16 nitrogen and oxygen atoms in total. The van der Waals surface area contributed by atoms with Gasteiger partial charge in [-0.1, -0.05) is 20.3 Å². The molecule has 0 saturated carbocycles. The number of fused-ring (bicyclic) bond motifs is 6. The van der Waals surface area contributed by atoms with Crippen molar-refractivity contribution in [2.75, 3.05) is 53.4 Å². The lowest BCUT2D eigenvalue weighted by Crippen LogP contribution is -2.32. The van der Waals surface area contributed by atoms with Gasteiger partial charge >= 0.3 is 6.09 Å². The lowest BCUT2D eigenvalue weighted by molar-refractivity contribution is 0.170. The standard InChI is InChI=1S/C20H17FN4O5S.C19H19FN4O3S.C3H8/c21-17-3-1-14(9-13(17)11-31(27,28)25-7-8-29-20(25)26)30-15-2-4-18-16(10-15)19-22-5-6-24(19)12-23-18;1-23(2)28(25,26)11-13-9-14(3-5-17(13)20)27-15-4-6-18-16(10-15)19-21-7-8-24(19)12-22-18;1-3-2/h1-4,9-10,12H,5-8,11H2;3-6,9-10,12H,7-8,11H2,1-2H3;3H2,1-2H3. The minimum absolute atomic E-state index is 0.0191. The predicted molar refractivity (Wildman–Crippen MR) is 231 cm³/mol. The van der Waals surface area contributed by atoms with Crippen LogP contribution in [0.2, 0.25) is 0 Å². The molecule has 5 aliphatic rings. The van der Waals surface area contributed by atoms with Crippen molar-refractivity contribution < 1.29 is 44.6 Å². The Bertz CT molecular complexity index is 2730. The van der Waals surface area contributed by atoms with E-state index in [0.717, 1.165) is 57.6 Å². The first kappa shape index (κ1) is 43.8. The molecule has 9 rings (SSSR count). The second kappa shape index (κ2) is 18.4. The quantitative estimate of drug-likeness (QED) is 0.165. The fourth-order valence-electron chi connectivity index (χ4n) is 6.58. The summed E-state index contributed by atoms with van der Waals surface area (Å²) in [4.78, 5) is 33.3. The van der Waals surface area contributed by atoms with E-state index in [-0.39, 0.29) is 30.0 Å². The van der Waals surface area contributed by atoms with Crippen molar-refractivity contribution in [1.29, 1.82) is 0 Å². The number of carbonyl (C=O) groups excluding carboxylic acids is 1. The fourth-order valence-corrected chi connectivity index (χ4v) is 8.86. The maximum Gasteiger partial charge on any atom is 0.423 e. The lowest BCUT2D eigenvalue weighted by atomic mass is 10.1. The number of halogens is 2. The van der Waals surface area contributed by atoms with Gasteiger partial charge in [0, 0.05) is 49.4 Å². The zero-order valence-corrected chi connectivity index (χ0v) is 36.0. The smallest absolute Gasteiger partial charge is 0.423 e. The molecule has 0 bridgehead atoms. The van der Waals surface area contributed by atoms with Crippen LogP contribution in [0.5, 0.6) is 23.0 Å². The number of cyclic esters (lactones) is 1. The van der Waals surface area contributed by atoms with Crippen molar-refractivity contribution in [3.05, 3.63) is 107 Å². The molecule has 5 heterocycles. The molecule has 1 amide bonds. The number of hydrogen-bond donors (Lipinski definition) is 0. The normalized spacial score (nSPS) is 15.9. The number of rotatable bonds is 10. The van der Waals surface area contributed by atoms with Crippen molar-refractivity contribution in [2.45, 2.75) is 31.8 Å². The van der Waals surface area contributed by atoms with Gasteiger partial charge in [0.25, 0.3) is 0 Å². The molecule has 62 heavy (non-hydrogen) atoms. The summed E-state index contributed by atoms with van der Waals surface area (Å²) >= 11 is 0. The molecule has 0 N–H and O–H groups in total. The Morgan fingerprint density at radius 3 is 1.58 bits per heavy atom. The van der Waals surface area contributed by atoms with Gasteiger partial charge in [0.1, 0.15) is 52.9 Å². The van der Waals surface area contributed by atoms with E-state index in [1.807, 2.05) is 21.9 Å². The number of benzene rings is 4. The van der Waals surface area contributed by atoms with Gasteiger partial charge in [-0.05, 0) is 72.8 Å². The maximum absolute atomic E-state index is 14.3. The predicted octanol–water partition coefficient (Wildman–Crippen LogP) is 6.80.